The molecule has 3 N–H and O–H groups in total. The highest BCUT2D eigenvalue weighted by Gasteiger charge is 2.33. The van der Waals surface area contributed by atoms with Crippen LogP contribution in [-0.4, -0.2) is 6.54 Å². The molecule has 6 heteroatoms. The monoisotopic (exact) mass is 222 g/mol. The van der Waals surface area contributed by atoms with Crippen LogP contribution in [0, 0.1) is 5.82 Å². The van der Waals surface area contributed by atoms with Gasteiger partial charge >= 0.3 is 6.18 Å². The molecule has 0 unspecified atom stereocenters. The smallest absolute Gasteiger partial charge is 0.271 e. The number of hydrogen-bond donors (Lipinski definition) is 2. The third-order valence-corrected chi connectivity index (χ3v) is 1.90. The average Bonchev–Trinajstić information content (AvgIpc) is 2.12. The first-order valence-corrected chi connectivity index (χ1v) is 4.24. The Kier molecular flexibility index (Phi) is 3.65. The zero-order valence-electron chi connectivity index (χ0n) is 7.74. The number of benzene rings is 1. The van der Waals surface area contributed by atoms with Crippen molar-refractivity contribution in [3.05, 3.63) is 35.1 Å². The summed E-state index contributed by atoms with van der Waals surface area (Å²) in [5, 5.41) is 0. The van der Waals surface area contributed by atoms with E-state index < -0.39 is 17.6 Å². The van der Waals surface area contributed by atoms with E-state index in [0.29, 0.717) is 18.5 Å². The molecule has 0 saturated heterocycles. The van der Waals surface area contributed by atoms with Crippen molar-refractivity contribution >= 4 is 0 Å². The average molecular weight is 222 g/mol. The van der Waals surface area contributed by atoms with Crippen LogP contribution in [0.4, 0.5) is 17.6 Å². The lowest BCUT2D eigenvalue weighted by atomic mass is 10.1. The van der Waals surface area contributed by atoms with Crippen LogP contribution in [0.3, 0.4) is 0 Å². The summed E-state index contributed by atoms with van der Waals surface area (Å²) in [6, 6.07) is 2.85. The normalized spacial score (nSPS) is 11.8. The second-order valence-corrected chi connectivity index (χ2v) is 3.02. The molecule has 0 aliphatic rings. The molecule has 1 aromatic carbocycles. The molecule has 0 radical (unpaired) electrons. The minimum atomic E-state index is -4.64. The van der Waals surface area contributed by atoms with Crippen LogP contribution in [0.1, 0.15) is 11.1 Å². The largest absolute Gasteiger partial charge is 0.419 e. The lowest BCUT2D eigenvalue weighted by Gasteiger charge is -2.09. The van der Waals surface area contributed by atoms with Gasteiger partial charge in [-0.25, -0.2) is 4.39 Å². The molecule has 1 aromatic rings. The Balaban J connectivity index is 2.89. The summed E-state index contributed by atoms with van der Waals surface area (Å²) in [5.74, 6) is 3.74. The Morgan fingerprint density at radius 2 is 1.93 bits per heavy atom. The van der Waals surface area contributed by atoms with Crippen LogP contribution in [-0.2, 0) is 12.6 Å². The SMILES string of the molecule is NNCCc1ccc(C(F)(F)F)c(F)c1. The van der Waals surface area contributed by atoms with Crippen LogP contribution in [0.5, 0.6) is 0 Å². The molecule has 0 saturated carbocycles. The Morgan fingerprint density at radius 3 is 2.40 bits per heavy atom. The van der Waals surface area contributed by atoms with Gasteiger partial charge in [0.25, 0.3) is 0 Å². The molecule has 2 nitrogen and oxygen atoms in total. The topological polar surface area (TPSA) is 38.0 Å². The van der Waals surface area contributed by atoms with E-state index >= 15 is 0 Å². The zero-order valence-corrected chi connectivity index (χ0v) is 7.74. The maximum atomic E-state index is 13.0. The summed E-state index contributed by atoms with van der Waals surface area (Å²) in [6.07, 6.45) is -4.26. The Hall–Kier alpha value is -1.14. The molecule has 0 bridgehead atoms. The first-order valence-electron chi connectivity index (χ1n) is 4.24. The quantitative estimate of drug-likeness (QED) is 0.465. The highest BCUT2D eigenvalue weighted by Crippen LogP contribution is 2.31. The van der Waals surface area contributed by atoms with Crippen molar-refractivity contribution in [3.63, 3.8) is 0 Å². The van der Waals surface area contributed by atoms with E-state index in [2.05, 4.69) is 5.43 Å². The molecule has 0 aliphatic heterocycles. The number of halogens is 4. The van der Waals surface area contributed by atoms with E-state index in [4.69, 9.17) is 5.84 Å². The number of rotatable bonds is 3. The summed E-state index contributed by atoms with van der Waals surface area (Å²) in [7, 11) is 0. The van der Waals surface area contributed by atoms with Gasteiger partial charge < -0.3 is 0 Å². The molecular formula is C9H10F4N2. The molecule has 0 fully saturated rings. The molecule has 1 rings (SSSR count). The van der Waals surface area contributed by atoms with Crippen molar-refractivity contribution in [2.45, 2.75) is 12.6 Å². The van der Waals surface area contributed by atoms with Crippen LogP contribution in [0.15, 0.2) is 18.2 Å². The van der Waals surface area contributed by atoms with E-state index in [1.165, 1.54) is 6.07 Å². The van der Waals surface area contributed by atoms with Gasteiger partial charge in [0.15, 0.2) is 0 Å². The molecule has 0 amide bonds. The Morgan fingerprint density at radius 1 is 1.27 bits per heavy atom. The van der Waals surface area contributed by atoms with Crippen LogP contribution in [0.2, 0.25) is 0 Å². The number of nitrogens with one attached hydrogen (secondary N) is 1. The fourth-order valence-corrected chi connectivity index (χ4v) is 1.16. The van der Waals surface area contributed by atoms with Gasteiger partial charge in [-0.3, -0.25) is 11.3 Å². The summed E-state index contributed by atoms with van der Waals surface area (Å²) < 4.78 is 49.5. The van der Waals surface area contributed by atoms with Crippen molar-refractivity contribution in [1.82, 2.24) is 5.43 Å². The molecular weight excluding hydrogens is 212 g/mol. The summed E-state index contributed by atoms with van der Waals surface area (Å²) >= 11 is 0. The highest BCUT2D eigenvalue weighted by atomic mass is 19.4. The minimum absolute atomic E-state index is 0.380. The Labute approximate surface area is 84.0 Å². The van der Waals surface area contributed by atoms with E-state index in [0.717, 1.165) is 12.1 Å². The molecule has 0 aliphatic carbocycles. The van der Waals surface area contributed by atoms with Crippen molar-refractivity contribution in [3.8, 4) is 0 Å². The molecule has 0 spiro atoms. The van der Waals surface area contributed by atoms with Crippen LogP contribution < -0.4 is 11.3 Å². The molecule has 0 aromatic heterocycles. The minimum Gasteiger partial charge on any atom is -0.271 e. The maximum Gasteiger partial charge on any atom is 0.419 e. The van der Waals surface area contributed by atoms with E-state index in [9.17, 15) is 17.6 Å². The lowest BCUT2D eigenvalue weighted by Crippen LogP contribution is -2.24. The maximum absolute atomic E-state index is 13.0. The molecule has 84 valence electrons. The molecule has 0 heterocycles. The van der Waals surface area contributed by atoms with Gasteiger partial charge in [-0.15, -0.1) is 0 Å². The highest BCUT2D eigenvalue weighted by molar-refractivity contribution is 5.26. The third-order valence-electron chi connectivity index (χ3n) is 1.90. The zero-order chi connectivity index (χ0) is 11.5. The second kappa shape index (κ2) is 4.59. The number of alkyl halides is 3. The van der Waals surface area contributed by atoms with Crippen molar-refractivity contribution < 1.29 is 17.6 Å². The number of hydrazine groups is 1. The Bertz CT molecular complexity index is 335. The van der Waals surface area contributed by atoms with Crippen LogP contribution in [0.25, 0.3) is 0 Å². The standard InChI is InChI=1S/C9H10F4N2/c10-8-5-6(3-4-15-14)1-2-7(8)9(11,12)13/h1-2,5,15H,3-4,14H2. The van der Waals surface area contributed by atoms with Gasteiger partial charge in [0.2, 0.25) is 0 Å². The van der Waals surface area contributed by atoms with Crippen molar-refractivity contribution in [2.75, 3.05) is 6.54 Å². The van der Waals surface area contributed by atoms with E-state index in [1.54, 1.807) is 0 Å². The summed E-state index contributed by atoms with van der Waals surface area (Å²) in [5.41, 5.74) is 1.56. The van der Waals surface area contributed by atoms with E-state index in [1.807, 2.05) is 0 Å². The van der Waals surface area contributed by atoms with Gasteiger partial charge in [-0.2, -0.15) is 13.2 Å². The fourth-order valence-electron chi connectivity index (χ4n) is 1.16. The van der Waals surface area contributed by atoms with Gasteiger partial charge in [0.05, 0.1) is 5.56 Å². The third kappa shape index (κ3) is 3.17. The molecule has 15 heavy (non-hydrogen) atoms. The van der Waals surface area contributed by atoms with Gasteiger partial charge in [0, 0.05) is 6.54 Å². The predicted octanol–water partition coefficient (Wildman–Crippen LogP) is 1.85. The lowest BCUT2D eigenvalue weighted by molar-refractivity contribution is -0.140. The summed E-state index contributed by atoms with van der Waals surface area (Å²) in [4.78, 5) is 0. The molecule has 0 atom stereocenters. The first-order chi connectivity index (χ1) is 6.95. The van der Waals surface area contributed by atoms with E-state index in [-0.39, 0.29) is 0 Å². The van der Waals surface area contributed by atoms with Crippen molar-refractivity contribution in [2.24, 2.45) is 5.84 Å². The van der Waals surface area contributed by atoms with Gasteiger partial charge in [0.1, 0.15) is 5.82 Å². The van der Waals surface area contributed by atoms with Gasteiger partial charge in [-0.1, -0.05) is 6.07 Å². The fraction of sp³-hybridized carbons (Fsp3) is 0.333. The number of hydrogen-bond acceptors (Lipinski definition) is 2. The first kappa shape index (κ1) is 11.9. The predicted molar refractivity (Wildman–Crippen MR) is 47.3 cm³/mol. The summed E-state index contributed by atoms with van der Waals surface area (Å²) in [6.45, 7) is 0.380. The van der Waals surface area contributed by atoms with Gasteiger partial charge in [-0.05, 0) is 24.1 Å². The second-order valence-electron chi connectivity index (χ2n) is 3.02. The van der Waals surface area contributed by atoms with Crippen LogP contribution >= 0.6 is 0 Å². The van der Waals surface area contributed by atoms with Crippen molar-refractivity contribution in [1.29, 1.82) is 0 Å². The number of nitrogens with two attached hydrogens (primary N) is 1.